The number of hydrogen-bond donors (Lipinski definition) is 1. The number of aromatic amines is 1. The van der Waals surface area contributed by atoms with Gasteiger partial charge in [0.25, 0.3) is 0 Å². The van der Waals surface area contributed by atoms with Crippen molar-refractivity contribution >= 4 is 0 Å². The van der Waals surface area contributed by atoms with Gasteiger partial charge in [-0.3, -0.25) is 10.00 Å². The summed E-state index contributed by atoms with van der Waals surface area (Å²) in [4.78, 5) is 2.54. The molecule has 1 unspecified atom stereocenters. The zero-order valence-electron chi connectivity index (χ0n) is 9.25. The summed E-state index contributed by atoms with van der Waals surface area (Å²) in [6, 6.07) is 2.09. The lowest BCUT2D eigenvalue weighted by Gasteiger charge is -2.31. The molecule has 1 aromatic heterocycles. The van der Waals surface area contributed by atoms with Crippen molar-refractivity contribution in [1.29, 1.82) is 0 Å². The average molecular weight is 193 g/mol. The van der Waals surface area contributed by atoms with E-state index in [1.54, 1.807) is 0 Å². The smallest absolute Gasteiger partial charge is 0.0490 e. The second-order valence-corrected chi connectivity index (χ2v) is 5.11. The molecule has 3 heteroatoms. The molecule has 3 nitrogen and oxygen atoms in total. The van der Waals surface area contributed by atoms with E-state index in [1.165, 1.54) is 18.7 Å². The summed E-state index contributed by atoms with van der Waals surface area (Å²) in [7, 11) is 0. The van der Waals surface area contributed by atoms with E-state index in [9.17, 15) is 0 Å². The third kappa shape index (κ3) is 1.82. The minimum absolute atomic E-state index is 0.300. The third-order valence-corrected chi connectivity index (χ3v) is 3.10. The maximum Gasteiger partial charge on any atom is 0.0490 e. The lowest BCUT2D eigenvalue weighted by Crippen LogP contribution is -2.39. The van der Waals surface area contributed by atoms with Crippen LogP contribution in [0.5, 0.6) is 0 Å². The fourth-order valence-electron chi connectivity index (χ4n) is 2.12. The molecule has 14 heavy (non-hydrogen) atoms. The minimum Gasteiger partial charge on any atom is -0.298 e. The number of rotatable bonds is 1. The predicted octanol–water partition coefficient (Wildman–Crippen LogP) is 2.00. The van der Waals surface area contributed by atoms with Crippen LogP contribution in [0.3, 0.4) is 0 Å². The van der Waals surface area contributed by atoms with Gasteiger partial charge >= 0.3 is 0 Å². The Balaban J connectivity index is 2.02. The molecule has 1 aliphatic rings. The van der Waals surface area contributed by atoms with Crippen LogP contribution in [0.25, 0.3) is 0 Å². The SMILES string of the molecule is CC(C)(C)N1CCC(c2ccn[nH]2)C1. The molecule has 2 heterocycles. The highest BCUT2D eigenvalue weighted by Crippen LogP contribution is 2.30. The van der Waals surface area contributed by atoms with Crippen molar-refractivity contribution in [2.45, 2.75) is 38.6 Å². The molecule has 1 atom stereocenters. The molecule has 0 saturated carbocycles. The summed E-state index contributed by atoms with van der Waals surface area (Å²) in [5.74, 6) is 0.650. The molecule has 0 amide bonds. The molecular weight excluding hydrogens is 174 g/mol. The Bertz CT molecular complexity index is 284. The minimum atomic E-state index is 0.300. The van der Waals surface area contributed by atoms with Crippen molar-refractivity contribution in [3.8, 4) is 0 Å². The molecule has 1 fully saturated rings. The summed E-state index contributed by atoms with van der Waals surface area (Å²) < 4.78 is 0. The van der Waals surface area contributed by atoms with E-state index < -0.39 is 0 Å². The van der Waals surface area contributed by atoms with Gasteiger partial charge in [-0.1, -0.05) is 0 Å². The monoisotopic (exact) mass is 193 g/mol. The third-order valence-electron chi connectivity index (χ3n) is 3.10. The highest BCUT2D eigenvalue weighted by atomic mass is 15.2. The van der Waals surface area contributed by atoms with Gasteiger partial charge in [-0.2, -0.15) is 5.10 Å². The average Bonchev–Trinajstić information content (AvgIpc) is 2.73. The van der Waals surface area contributed by atoms with Crippen LogP contribution in [-0.2, 0) is 0 Å². The van der Waals surface area contributed by atoms with Gasteiger partial charge in [0.2, 0.25) is 0 Å². The Labute approximate surface area is 85.5 Å². The van der Waals surface area contributed by atoms with Gasteiger partial charge < -0.3 is 0 Å². The van der Waals surface area contributed by atoms with Crippen LogP contribution >= 0.6 is 0 Å². The number of H-pyrrole nitrogens is 1. The Morgan fingerprint density at radius 3 is 2.79 bits per heavy atom. The Morgan fingerprint density at radius 2 is 2.29 bits per heavy atom. The van der Waals surface area contributed by atoms with Gasteiger partial charge in [0.05, 0.1) is 0 Å². The van der Waals surface area contributed by atoms with Crippen LogP contribution in [0, 0.1) is 0 Å². The quantitative estimate of drug-likeness (QED) is 0.739. The summed E-state index contributed by atoms with van der Waals surface area (Å²) in [5.41, 5.74) is 1.59. The zero-order chi connectivity index (χ0) is 10.2. The van der Waals surface area contributed by atoms with Crippen molar-refractivity contribution in [2.75, 3.05) is 13.1 Å². The second kappa shape index (κ2) is 3.39. The maximum atomic E-state index is 4.01. The molecule has 0 radical (unpaired) electrons. The van der Waals surface area contributed by atoms with Gasteiger partial charge in [-0.25, -0.2) is 0 Å². The van der Waals surface area contributed by atoms with Crippen molar-refractivity contribution in [3.63, 3.8) is 0 Å². The van der Waals surface area contributed by atoms with E-state index in [0.29, 0.717) is 11.5 Å². The van der Waals surface area contributed by atoms with Crippen LogP contribution < -0.4 is 0 Å². The number of hydrogen-bond acceptors (Lipinski definition) is 2. The van der Waals surface area contributed by atoms with E-state index >= 15 is 0 Å². The van der Waals surface area contributed by atoms with Gasteiger partial charge in [0.1, 0.15) is 0 Å². The molecule has 78 valence electrons. The molecular formula is C11H19N3. The Morgan fingerprint density at radius 1 is 1.50 bits per heavy atom. The highest BCUT2D eigenvalue weighted by Gasteiger charge is 2.31. The van der Waals surface area contributed by atoms with E-state index in [-0.39, 0.29) is 0 Å². The van der Waals surface area contributed by atoms with Crippen molar-refractivity contribution in [3.05, 3.63) is 18.0 Å². The Hall–Kier alpha value is -0.830. The molecule has 0 aromatic carbocycles. The van der Waals surface area contributed by atoms with Crippen molar-refractivity contribution in [2.24, 2.45) is 0 Å². The Kier molecular flexibility index (Phi) is 2.35. The van der Waals surface area contributed by atoms with Crippen LogP contribution in [-0.4, -0.2) is 33.7 Å². The largest absolute Gasteiger partial charge is 0.298 e. The number of likely N-dealkylation sites (tertiary alicyclic amines) is 1. The van der Waals surface area contributed by atoms with E-state index in [0.717, 1.165) is 6.54 Å². The van der Waals surface area contributed by atoms with Gasteiger partial charge in [0.15, 0.2) is 0 Å². The molecule has 2 rings (SSSR count). The lowest BCUT2D eigenvalue weighted by atomic mass is 10.0. The topological polar surface area (TPSA) is 31.9 Å². The second-order valence-electron chi connectivity index (χ2n) is 5.11. The van der Waals surface area contributed by atoms with Crippen molar-refractivity contribution in [1.82, 2.24) is 15.1 Å². The van der Waals surface area contributed by atoms with E-state index in [1.807, 2.05) is 6.20 Å². The van der Waals surface area contributed by atoms with Crippen LogP contribution in [0.15, 0.2) is 12.3 Å². The van der Waals surface area contributed by atoms with E-state index in [2.05, 4.69) is 41.9 Å². The first-order valence-electron chi connectivity index (χ1n) is 5.32. The van der Waals surface area contributed by atoms with Crippen LogP contribution in [0.2, 0.25) is 0 Å². The number of nitrogens with one attached hydrogen (secondary N) is 1. The van der Waals surface area contributed by atoms with E-state index in [4.69, 9.17) is 0 Å². The normalized spacial score (nSPS) is 24.4. The molecule has 1 aliphatic heterocycles. The summed E-state index contributed by atoms with van der Waals surface area (Å²) in [6.07, 6.45) is 3.09. The summed E-state index contributed by atoms with van der Waals surface area (Å²) in [6.45, 7) is 9.20. The first kappa shape index (κ1) is 9.71. The molecule has 1 N–H and O–H groups in total. The summed E-state index contributed by atoms with van der Waals surface area (Å²) >= 11 is 0. The molecule has 1 aromatic rings. The van der Waals surface area contributed by atoms with Crippen molar-refractivity contribution < 1.29 is 0 Å². The fraction of sp³-hybridized carbons (Fsp3) is 0.727. The van der Waals surface area contributed by atoms with Gasteiger partial charge in [-0.15, -0.1) is 0 Å². The standard InChI is InChI=1S/C11H19N3/c1-11(2,3)14-7-5-9(8-14)10-4-6-12-13-10/h4,6,9H,5,7-8H2,1-3H3,(H,12,13). The molecule has 0 spiro atoms. The lowest BCUT2D eigenvalue weighted by molar-refractivity contribution is 0.172. The van der Waals surface area contributed by atoms with Gasteiger partial charge in [0, 0.05) is 29.9 Å². The molecule has 0 bridgehead atoms. The molecule has 0 aliphatic carbocycles. The predicted molar refractivity (Wildman–Crippen MR) is 57.3 cm³/mol. The molecule has 1 saturated heterocycles. The summed E-state index contributed by atoms with van der Waals surface area (Å²) in [5, 5.41) is 7.08. The maximum absolute atomic E-state index is 4.01. The van der Waals surface area contributed by atoms with Gasteiger partial charge in [-0.05, 0) is 39.8 Å². The first-order valence-corrected chi connectivity index (χ1v) is 5.32. The van der Waals surface area contributed by atoms with Crippen LogP contribution in [0.4, 0.5) is 0 Å². The fourth-order valence-corrected chi connectivity index (χ4v) is 2.12. The number of nitrogens with zero attached hydrogens (tertiary/aromatic N) is 2. The highest BCUT2D eigenvalue weighted by molar-refractivity contribution is 5.09. The number of aromatic nitrogens is 2. The first-order chi connectivity index (χ1) is 6.57. The zero-order valence-corrected chi connectivity index (χ0v) is 9.25. The van der Waals surface area contributed by atoms with Crippen LogP contribution in [0.1, 0.15) is 38.8 Å².